The van der Waals surface area contributed by atoms with Crippen molar-refractivity contribution in [2.75, 3.05) is 31.1 Å². The molecule has 0 atom stereocenters. The Morgan fingerprint density at radius 2 is 1.80 bits per heavy atom. The van der Waals surface area contributed by atoms with Crippen LogP contribution in [-0.4, -0.2) is 53.9 Å². The number of halogens is 1. The normalized spacial score (nSPS) is 18.8. The Morgan fingerprint density at radius 1 is 1.11 bits per heavy atom. The molecule has 1 aromatic carbocycles. The summed E-state index contributed by atoms with van der Waals surface area (Å²) in [6.45, 7) is 8.11. The largest absolute Gasteiger partial charge is 0.472 e. The van der Waals surface area contributed by atoms with Gasteiger partial charge in [0.15, 0.2) is 5.88 Å². The molecule has 2 aromatic rings. The van der Waals surface area contributed by atoms with Gasteiger partial charge in [-0.05, 0) is 63.3 Å². The van der Waals surface area contributed by atoms with Gasteiger partial charge in [-0.15, -0.1) is 0 Å². The molecule has 0 aliphatic carbocycles. The summed E-state index contributed by atoms with van der Waals surface area (Å²) in [7, 11) is 0. The second-order valence-corrected chi connectivity index (χ2v) is 10.5. The fourth-order valence-corrected chi connectivity index (χ4v) is 4.60. The lowest BCUT2D eigenvalue weighted by Gasteiger charge is -2.40. The van der Waals surface area contributed by atoms with Crippen LogP contribution in [0.4, 0.5) is 10.6 Å². The van der Waals surface area contributed by atoms with Crippen molar-refractivity contribution in [2.24, 2.45) is 17.4 Å². The summed E-state index contributed by atoms with van der Waals surface area (Å²) in [5.41, 5.74) is 13.4. The lowest BCUT2D eigenvalue weighted by molar-refractivity contribution is 0.0194. The molecule has 35 heavy (non-hydrogen) atoms. The molecule has 2 aliphatic heterocycles. The number of nitrogens with two attached hydrogens (primary N) is 2. The van der Waals surface area contributed by atoms with Crippen LogP contribution >= 0.6 is 11.6 Å². The number of carbonyl (C=O) groups excluding carboxylic acids is 1. The van der Waals surface area contributed by atoms with E-state index in [1.807, 2.05) is 45.0 Å². The molecule has 0 spiro atoms. The van der Waals surface area contributed by atoms with Crippen LogP contribution in [0.15, 0.2) is 59.1 Å². The fourth-order valence-electron chi connectivity index (χ4n) is 4.39. The predicted molar refractivity (Wildman–Crippen MR) is 139 cm³/mol. The molecule has 4 N–H and O–H groups in total. The average molecular weight is 500 g/mol. The zero-order valence-corrected chi connectivity index (χ0v) is 21.3. The first-order chi connectivity index (χ1) is 16.6. The number of pyridine rings is 1. The second kappa shape index (κ2) is 10.2. The lowest BCUT2D eigenvalue weighted by Crippen LogP contribution is -2.53. The van der Waals surface area contributed by atoms with Gasteiger partial charge in [0, 0.05) is 24.6 Å². The van der Waals surface area contributed by atoms with Gasteiger partial charge in [0.25, 0.3) is 0 Å². The minimum absolute atomic E-state index is 0.0358. The molecule has 3 heterocycles. The van der Waals surface area contributed by atoms with E-state index in [0.717, 1.165) is 35.1 Å². The molecule has 9 heteroatoms. The van der Waals surface area contributed by atoms with E-state index in [4.69, 9.17) is 37.5 Å². The number of allylic oxidation sites excluding steroid dienone is 2. The van der Waals surface area contributed by atoms with Crippen LogP contribution in [0.5, 0.6) is 0 Å². The van der Waals surface area contributed by atoms with Crippen LogP contribution in [-0.2, 0) is 9.47 Å². The zero-order valence-electron chi connectivity index (χ0n) is 20.5. The molecule has 2 fully saturated rings. The van der Waals surface area contributed by atoms with E-state index in [0.29, 0.717) is 26.2 Å². The van der Waals surface area contributed by atoms with Crippen LogP contribution < -0.4 is 16.4 Å². The number of hydrogen-bond acceptors (Lipinski definition) is 7. The Balaban J connectivity index is 1.30. The Hall–Kier alpha value is -3.13. The van der Waals surface area contributed by atoms with Crippen molar-refractivity contribution in [3.8, 4) is 0 Å². The molecule has 1 aromatic heterocycles. The van der Waals surface area contributed by atoms with Crippen LogP contribution in [0.3, 0.4) is 0 Å². The van der Waals surface area contributed by atoms with E-state index in [1.54, 1.807) is 11.0 Å². The van der Waals surface area contributed by atoms with E-state index in [2.05, 4.69) is 17.0 Å². The second-order valence-electron chi connectivity index (χ2n) is 10.1. The molecule has 0 saturated carbocycles. The number of fused-ring (bicyclic) bond motifs is 1. The standard InChI is InChI=1S/C26H34ClN5O3/c1-26(2,3)35-25(33)31-12-10-17(11-13-31)20(24(27)29)14-22(28)34-19-15-32(16-19)23-9-8-18-6-4-5-7-21(18)30-23/h4-9,14,17,19H,10-13,15-16,28-29H2,1-3H3/b22-14+,24-20+. The van der Waals surface area contributed by atoms with Crippen LogP contribution in [0.1, 0.15) is 33.6 Å². The van der Waals surface area contributed by atoms with Crippen LogP contribution in [0.25, 0.3) is 10.9 Å². The SMILES string of the molecule is CC(C)(C)OC(=O)N1CCC(C(/C=C(\N)OC2CN(c3ccc4ccccc4n3)C2)=C(/N)Cl)CC1. The molecule has 8 nitrogen and oxygen atoms in total. The third-order valence-corrected chi connectivity index (χ3v) is 6.44. The molecule has 2 saturated heterocycles. The molecule has 0 bridgehead atoms. The summed E-state index contributed by atoms with van der Waals surface area (Å²) in [6.07, 6.45) is 2.83. The number of rotatable bonds is 5. The number of carbonyl (C=O) groups is 1. The van der Waals surface area contributed by atoms with E-state index in [9.17, 15) is 4.79 Å². The first kappa shape index (κ1) is 25.0. The quantitative estimate of drug-likeness (QED) is 0.359. The van der Waals surface area contributed by atoms with Crippen molar-refractivity contribution >= 4 is 34.4 Å². The number of aromatic nitrogens is 1. The first-order valence-corrected chi connectivity index (χ1v) is 12.3. The van der Waals surface area contributed by atoms with Crippen molar-refractivity contribution < 1.29 is 14.3 Å². The number of ether oxygens (including phenoxy) is 2. The average Bonchev–Trinajstić information content (AvgIpc) is 2.78. The molecular formula is C26H34ClN5O3. The lowest BCUT2D eigenvalue weighted by atomic mass is 9.89. The monoisotopic (exact) mass is 499 g/mol. The van der Waals surface area contributed by atoms with Gasteiger partial charge in [0.05, 0.1) is 18.6 Å². The maximum Gasteiger partial charge on any atom is 0.410 e. The topological polar surface area (TPSA) is 107 Å². The molecule has 4 rings (SSSR count). The summed E-state index contributed by atoms with van der Waals surface area (Å²) in [5.74, 6) is 1.30. The van der Waals surface area contributed by atoms with Crippen molar-refractivity contribution in [3.05, 3.63) is 59.1 Å². The number of para-hydroxylation sites is 1. The minimum atomic E-state index is -0.518. The maximum absolute atomic E-state index is 12.3. The van der Waals surface area contributed by atoms with Gasteiger partial charge < -0.3 is 30.7 Å². The molecule has 0 radical (unpaired) electrons. The number of amides is 1. The van der Waals surface area contributed by atoms with Crippen LogP contribution in [0, 0.1) is 5.92 Å². The number of anilines is 1. The van der Waals surface area contributed by atoms with Gasteiger partial charge in [0.1, 0.15) is 22.7 Å². The van der Waals surface area contributed by atoms with Gasteiger partial charge in [-0.3, -0.25) is 0 Å². The highest BCUT2D eigenvalue weighted by atomic mass is 35.5. The fraction of sp³-hybridized carbons (Fsp3) is 0.462. The Bertz CT molecular complexity index is 1130. The first-order valence-electron chi connectivity index (χ1n) is 12.0. The van der Waals surface area contributed by atoms with Crippen LogP contribution in [0.2, 0.25) is 0 Å². The highest BCUT2D eigenvalue weighted by Gasteiger charge is 2.31. The molecule has 0 unspecified atom stereocenters. The summed E-state index contributed by atoms with van der Waals surface area (Å²) in [4.78, 5) is 20.9. The number of hydrogen-bond donors (Lipinski definition) is 2. The Kier molecular flexibility index (Phi) is 7.31. The van der Waals surface area contributed by atoms with Gasteiger partial charge in [-0.1, -0.05) is 29.8 Å². The maximum atomic E-state index is 12.3. The highest BCUT2D eigenvalue weighted by Crippen LogP contribution is 2.30. The van der Waals surface area contributed by atoms with Gasteiger partial charge >= 0.3 is 6.09 Å². The molecular weight excluding hydrogens is 466 g/mol. The smallest absolute Gasteiger partial charge is 0.410 e. The third kappa shape index (κ3) is 6.31. The predicted octanol–water partition coefficient (Wildman–Crippen LogP) is 4.30. The molecule has 2 aliphatic rings. The van der Waals surface area contributed by atoms with Crippen molar-refractivity contribution in [3.63, 3.8) is 0 Å². The van der Waals surface area contributed by atoms with Gasteiger partial charge in [0.2, 0.25) is 0 Å². The number of benzene rings is 1. The third-order valence-electron chi connectivity index (χ3n) is 6.22. The summed E-state index contributed by atoms with van der Waals surface area (Å²) >= 11 is 6.22. The van der Waals surface area contributed by atoms with Gasteiger partial charge in [-0.25, -0.2) is 9.78 Å². The summed E-state index contributed by atoms with van der Waals surface area (Å²) in [6, 6.07) is 12.2. The van der Waals surface area contributed by atoms with Gasteiger partial charge in [-0.2, -0.15) is 0 Å². The van der Waals surface area contributed by atoms with Crippen molar-refractivity contribution in [1.82, 2.24) is 9.88 Å². The number of nitrogens with zero attached hydrogens (tertiary/aromatic N) is 3. The number of likely N-dealkylation sites (tertiary alicyclic amines) is 1. The summed E-state index contributed by atoms with van der Waals surface area (Å²) < 4.78 is 11.4. The van der Waals surface area contributed by atoms with E-state index in [1.165, 1.54) is 0 Å². The number of piperidine rings is 1. The zero-order chi connectivity index (χ0) is 25.2. The van der Waals surface area contributed by atoms with Crippen molar-refractivity contribution in [1.29, 1.82) is 0 Å². The molecule has 1 amide bonds. The van der Waals surface area contributed by atoms with Crippen molar-refractivity contribution in [2.45, 2.75) is 45.3 Å². The molecule has 188 valence electrons. The van der Waals surface area contributed by atoms with E-state index >= 15 is 0 Å². The highest BCUT2D eigenvalue weighted by molar-refractivity contribution is 6.29. The summed E-state index contributed by atoms with van der Waals surface area (Å²) in [5, 5.41) is 1.31. The minimum Gasteiger partial charge on any atom is -0.472 e. The Morgan fingerprint density at radius 3 is 2.46 bits per heavy atom. The van der Waals surface area contributed by atoms with E-state index in [-0.39, 0.29) is 29.2 Å². The van der Waals surface area contributed by atoms with E-state index < -0.39 is 5.60 Å². The Labute approximate surface area is 211 Å².